The topological polar surface area (TPSA) is 42.9 Å². The van der Waals surface area contributed by atoms with Gasteiger partial charge in [0.2, 0.25) is 0 Å². The molecule has 0 N–H and O–H groups in total. The van der Waals surface area contributed by atoms with Crippen LogP contribution in [0.2, 0.25) is 0 Å². The zero-order valence-corrected chi connectivity index (χ0v) is 5.03. The lowest BCUT2D eigenvalue weighted by Gasteiger charge is -1.63. The first-order valence-electron chi connectivity index (χ1n) is 2.01. The first-order valence-corrected chi connectivity index (χ1v) is 2.83. The lowest BCUT2D eigenvalue weighted by Crippen LogP contribution is -1.75. The Labute approximate surface area is 50.4 Å². The third-order valence-electron chi connectivity index (χ3n) is 0.613. The molecule has 1 aromatic rings. The maximum atomic E-state index is 9.80. The summed E-state index contributed by atoms with van der Waals surface area (Å²) in [5, 5.41) is 8.19. The summed E-state index contributed by atoms with van der Waals surface area (Å²) in [6.45, 7) is 1.79. The zero-order valence-electron chi connectivity index (χ0n) is 4.21. The highest BCUT2D eigenvalue weighted by Gasteiger charge is 1.95. The first-order chi connectivity index (χ1) is 3.83. The molecule has 0 fully saturated rings. The van der Waals surface area contributed by atoms with Crippen molar-refractivity contribution in [2.24, 2.45) is 0 Å². The Hall–Kier alpha value is -0.770. The van der Waals surface area contributed by atoms with Crippen LogP contribution in [0, 0.1) is 6.92 Å². The predicted octanol–water partition coefficient (Wildman–Crippen LogP) is 0.304. The number of hydrogen-bond donors (Lipinski definition) is 0. The summed E-state index contributed by atoms with van der Waals surface area (Å²) in [5.41, 5.74) is 0. The molecule has 0 amide bonds. The summed E-state index contributed by atoms with van der Waals surface area (Å²) in [5.74, 6) is 0. The second kappa shape index (κ2) is 2.00. The fourth-order valence-corrected chi connectivity index (χ4v) is 0.823. The third-order valence-corrected chi connectivity index (χ3v) is 1.35. The largest absolute Gasteiger partial charge is 0.282 e. The first kappa shape index (κ1) is 5.37. The molecular formula is C4H3N2OS. The van der Waals surface area contributed by atoms with E-state index in [1.54, 1.807) is 13.2 Å². The molecule has 0 saturated heterocycles. The van der Waals surface area contributed by atoms with E-state index in [0.717, 1.165) is 5.01 Å². The Balaban J connectivity index is 3.00. The molecule has 0 aliphatic carbocycles. The van der Waals surface area contributed by atoms with E-state index in [4.69, 9.17) is 0 Å². The molecule has 1 radical (unpaired) electrons. The molecule has 1 rings (SSSR count). The van der Waals surface area contributed by atoms with Crippen LogP contribution in [0.4, 0.5) is 0 Å². The molecule has 0 saturated carbocycles. The van der Waals surface area contributed by atoms with Crippen molar-refractivity contribution in [2.45, 2.75) is 6.92 Å². The predicted molar refractivity (Wildman–Crippen MR) is 29.4 cm³/mol. The van der Waals surface area contributed by atoms with E-state index in [-0.39, 0.29) is 0 Å². The van der Waals surface area contributed by atoms with Gasteiger partial charge in [-0.25, -0.2) is 0 Å². The van der Waals surface area contributed by atoms with Crippen LogP contribution in [0.15, 0.2) is 0 Å². The molecule has 0 unspecified atom stereocenters. The van der Waals surface area contributed by atoms with Gasteiger partial charge in [-0.3, -0.25) is 4.79 Å². The summed E-state index contributed by atoms with van der Waals surface area (Å²) >= 11 is 1.24. The normalized spacial score (nSPS) is 9.12. The van der Waals surface area contributed by atoms with Gasteiger partial charge in [0.25, 0.3) is 6.29 Å². The molecule has 0 atom stereocenters. The third kappa shape index (κ3) is 0.894. The number of aromatic nitrogens is 2. The van der Waals surface area contributed by atoms with Crippen molar-refractivity contribution < 1.29 is 4.79 Å². The smallest absolute Gasteiger partial charge is 0.266 e. The van der Waals surface area contributed by atoms with Gasteiger partial charge in [-0.1, -0.05) is 11.3 Å². The van der Waals surface area contributed by atoms with Gasteiger partial charge >= 0.3 is 0 Å². The lowest BCUT2D eigenvalue weighted by molar-refractivity contribution is 0.562. The summed E-state index contributed by atoms with van der Waals surface area (Å²) < 4.78 is 0. The van der Waals surface area contributed by atoms with E-state index in [9.17, 15) is 4.79 Å². The summed E-state index contributed by atoms with van der Waals surface area (Å²) in [4.78, 5) is 9.80. The Bertz CT molecular complexity index is 196. The Morgan fingerprint density at radius 3 is 2.62 bits per heavy atom. The van der Waals surface area contributed by atoms with Crippen LogP contribution in [-0.2, 0) is 4.79 Å². The van der Waals surface area contributed by atoms with Gasteiger partial charge in [-0.2, -0.15) is 0 Å². The van der Waals surface area contributed by atoms with Gasteiger partial charge in [-0.05, 0) is 6.92 Å². The van der Waals surface area contributed by atoms with E-state index >= 15 is 0 Å². The number of carbonyl (C=O) groups excluding carboxylic acids is 1. The van der Waals surface area contributed by atoms with Crippen LogP contribution in [0.3, 0.4) is 0 Å². The molecule has 4 heteroatoms. The fourth-order valence-electron chi connectivity index (χ4n) is 0.338. The summed E-state index contributed by atoms with van der Waals surface area (Å²) in [6, 6.07) is 0. The maximum Gasteiger partial charge on any atom is 0.266 e. The highest BCUT2D eigenvalue weighted by atomic mass is 32.1. The molecule has 3 nitrogen and oxygen atoms in total. The molecule has 1 heterocycles. The van der Waals surface area contributed by atoms with E-state index in [2.05, 4.69) is 10.2 Å². The van der Waals surface area contributed by atoms with Crippen molar-refractivity contribution >= 4 is 17.6 Å². The molecule has 0 aliphatic rings. The molecule has 0 bridgehead atoms. The van der Waals surface area contributed by atoms with Crippen molar-refractivity contribution in [2.75, 3.05) is 0 Å². The zero-order chi connectivity index (χ0) is 5.98. The van der Waals surface area contributed by atoms with Crippen molar-refractivity contribution in [1.82, 2.24) is 10.2 Å². The van der Waals surface area contributed by atoms with Crippen molar-refractivity contribution in [3.8, 4) is 0 Å². The van der Waals surface area contributed by atoms with Crippen LogP contribution in [-0.4, -0.2) is 16.5 Å². The number of rotatable bonds is 1. The second-order valence-electron chi connectivity index (χ2n) is 1.23. The van der Waals surface area contributed by atoms with E-state index < -0.39 is 0 Å². The molecule has 0 spiro atoms. The van der Waals surface area contributed by atoms with Crippen LogP contribution >= 0.6 is 11.3 Å². The maximum absolute atomic E-state index is 9.80. The van der Waals surface area contributed by atoms with Crippen molar-refractivity contribution in [1.29, 1.82) is 0 Å². The Kier molecular flexibility index (Phi) is 1.34. The van der Waals surface area contributed by atoms with E-state index in [1.165, 1.54) is 11.3 Å². The molecule has 1 aromatic heterocycles. The van der Waals surface area contributed by atoms with Gasteiger partial charge < -0.3 is 0 Å². The Morgan fingerprint density at radius 2 is 2.38 bits per heavy atom. The molecule has 8 heavy (non-hydrogen) atoms. The fraction of sp³-hybridized carbons (Fsp3) is 0.250. The number of aryl methyl sites for hydroxylation is 1. The van der Waals surface area contributed by atoms with E-state index in [1.807, 2.05) is 0 Å². The molecule has 41 valence electrons. The average Bonchev–Trinajstić information content (AvgIpc) is 2.14. The monoisotopic (exact) mass is 127 g/mol. The minimum Gasteiger partial charge on any atom is -0.282 e. The van der Waals surface area contributed by atoms with Crippen molar-refractivity contribution in [3.05, 3.63) is 10.0 Å². The van der Waals surface area contributed by atoms with E-state index in [0.29, 0.717) is 5.01 Å². The average molecular weight is 127 g/mol. The van der Waals surface area contributed by atoms with Gasteiger partial charge in [-0.15, -0.1) is 10.2 Å². The standard InChI is InChI=1S/C4H3N2OS/c1-3-5-6-4(2-7)8-3/h1H3. The summed E-state index contributed by atoms with van der Waals surface area (Å²) in [7, 11) is 0. The number of hydrogen-bond acceptors (Lipinski definition) is 4. The van der Waals surface area contributed by atoms with Crippen LogP contribution in [0.5, 0.6) is 0 Å². The van der Waals surface area contributed by atoms with Gasteiger partial charge in [0.15, 0.2) is 5.01 Å². The summed E-state index contributed by atoms with van der Waals surface area (Å²) in [6.07, 6.45) is 1.64. The minimum atomic E-state index is 0.322. The molecule has 0 aliphatic heterocycles. The molecular weight excluding hydrogens is 124 g/mol. The minimum absolute atomic E-state index is 0.322. The van der Waals surface area contributed by atoms with Gasteiger partial charge in [0.1, 0.15) is 5.01 Å². The van der Waals surface area contributed by atoms with Crippen LogP contribution < -0.4 is 0 Å². The lowest BCUT2D eigenvalue weighted by atomic mass is 10.8. The number of nitrogens with zero attached hydrogens (tertiary/aromatic N) is 2. The SMILES string of the molecule is Cc1nnc([C]=O)s1. The Morgan fingerprint density at radius 1 is 1.62 bits per heavy atom. The van der Waals surface area contributed by atoms with Crippen LogP contribution in [0.1, 0.15) is 10.0 Å². The highest BCUT2D eigenvalue weighted by molar-refractivity contribution is 7.12. The highest BCUT2D eigenvalue weighted by Crippen LogP contribution is 2.03. The van der Waals surface area contributed by atoms with Crippen LogP contribution in [0.25, 0.3) is 0 Å². The van der Waals surface area contributed by atoms with Gasteiger partial charge in [0, 0.05) is 0 Å². The second-order valence-corrected chi connectivity index (χ2v) is 2.41. The van der Waals surface area contributed by atoms with Gasteiger partial charge in [0.05, 0.1) is 0 Å². The van der Waals surface area contributed by atoms with Crippen molar-refractivity contribution in [3.63, 3.8) is 0 Å². The quantitative estimate of drug-likeness (QED) is 0.545. The molecule has 0 aromatic carbocycles.